The molecule has 1 aromatic carbocycles. The van der Waals surface area contributed by atoms with Crippen molar-refractivity contribution in [2.45, 2.75) is 19.4 Å². The SMILES string of the molecule is O=C(NCCc1ncc[nH]1)[C@H]1CC(=O)N(Cc2ccccc2)C1. The summed E-state index contributed by atoms with van der Waals surface area (Å²) in [5.41, 5.74) is 1.08. The largest absolute Gasteiger partial charge is 0.355 e. The Hall–Kier alpha value is -2.63. The smallest absolute Gasteiger partial charge is 0.225 e. The Morgan fingerprint density at radius 1 is 1.35 bits per heavy atom. The van der Waals surface area contributed by atoms with Gasteiger partial charge in [0.25, 0.3) is 0 Å². The minimum atomic E-state index is -0.261. The molecule has 0 saturated carbocycles. The number of likely N-dealkylation sites (tertiary alicyclic amines) is 1. The lowest BCUT2D eigenvalue weighted by Gasteiger charge is -2.16. The molecular formula is C17H20N4O2. The van der Waals surface area contributed by atoms with E-state index in [1.807, 2.05) is 30.3 Å². The molecule has 6 nitrogen and oxygen atoms in total. The number of aromatic amines is 1. The Balaban J connectivity index is 1.47. The molecule has 1 aliphatic rings. The summed E-state index contributed by atoms with van der Waals surface area (Å²) in [6, 6.07) is 9.84. The minimum Gasteiger partial charge on any atom is -0.355 e. The number of carbonyl (C=O) groups is 2. The van der Waals surface area contributed by atoms with E-state index in [9.17, 15) is 9.59 Å². The quantitative estimate of drug-likeness (QED) is 0.839. The first-order chi connectivity index (χ1) is 11.2. The molecule has 2 heterocycles. The molecule has 0 radical (unpaired) electrons. The van der Waals surface area contributed by atoms with Gasteiger partial charge in [-0.3, -0.25) is 9.59 Å². The van der Waals surface area contributed by atoms with Crippen LogP contribution in [0.25, 0.3) is 0 Å². The van der Waals surface area contributed by atoms with Crippen LogP contribution in [0.5, 0.6) is 0 Å². The highest BCUT2D eigenvalue weighted by molar-refractivity contribution is 5.89. The van der Waals surface area contributed by atoms with Crippen LogP contribution in [0.15, 0.2) is 42.7 Å². The molecule has 3 rings (SSSR count). The summed E-state index contributed by atoms with van der Waals surface area (Å²) in [5.74, 6) is 0.571. The van der Waals surface area contributed by atoms with Gasteiger partial charge in [0, 0.05) is 44.9 Å². The second-order valence-electron chi connectivity index (χ2n) is 5.74. The van der Waals surface area contributed by atoms with Crippen LogP contribution in [0.1, 0.15) is 17.8 Å². The van der Waals surface area contributed by atoms with E-state index in [0.717, 1.165) is 11.4 Å². The van der Waals surface area contributed by atoms with Crippen molar-refractivity contribution in [3.63, 3.8) is 0 Å². The van der Waals surface area contributed by atoms with E-state index in [1.54, 1.807) is 17.3 Å². The second kappa shape index (κ2) is 7.09. The van der Waals surface area contributed by atoms with Gasteiger partial charge >= 0.3 is 0 Å². The van der Waals surface area contributed by atoms with Crippen LogP contribution in [0.4, 0.5) is 0 Å². The van der Waals surface area contributed by atoms with Crippen LogP contribution in [0.3, 0.4) is 0 Å². The van der Waals surface area contributed by atoms with Crippen LogP contribution >= 0.6 is 0 Å². The molecule has 2 amide bonds. The maximum atomic E-state index is 12.2. The number of aromatic nitrogens is 2. The third-order valence-electron chi connectivity index (χ3n) is 4.02. The maximum Gasteiger partial charge on any atom is 0.225 e. The fourth-order valence-corrected chi connectivity index (χ4v) is 2.79. The van der Waals surface area contributed by atoms with Gasteiger partial charge in [0.2, 0.25) is 11.8 Å². The van der Waals surface area contributed by atoms with E-state index in [4.69, 9.17) is 0 Å². The highest BCUT2D eigenvalue weighted by Crippen LogP contribution is 2.20. The van der Waals surface area contributed by atoms with Crippen LogP contribution in [0.2, 0.25) is 0 Å². The first kappa shape index (κ1) is 15.3. The topological polar surface area (TPSA) is 78.1 Å². The molecular weight excluding hydrogens is 292 g/mol. The van der Waals surface area contributed by atoms with Crippen molar-refractivity contribution >= 4 is 11.8 Å². The zero-order chi connectivity index (χ0) is 16.1. The number of imidazole rings is 1. The Labute approximate surface area is 134 Å². The van der Waals surface area contributed by atoms with E-state index < -0.39 is 0 Å². The molecule has 120 valence electrons. The molecule has 0 spiro atoms. The molecule has 1 atom stereocenters. The third kappa shape index (κ3) is 3.97. The lowest BCUT2D eigenvalue weighted by Crippen LogP contribution is -2.34. The number of amides is 2. The Kier molecular flexibility index (Phi) is 4.71. The summed E-state index contributed by atoms with van der Waals surface area (Å²) in [5, 5.41) is 2.89. The molecule has 1 aromatic heterocycles. The zero-order valence-corrected chi connectivity index (χ0v) is 12.9. The highest BCUT2D eigenvalue weighted by Gasteiger charge is 2.33. The summed E-state index contributed by atoms with van der Waals surface area (Å²) < 4.78 is 0. The van der Waals surface area contributed by atoms with Crippen molar-refractivity contribution in [1.29, 1.82) is 0 Å². The van der Waals surface area contributed by atoms with Crippen molar-refractivity contribution in [2.75, 3.05) is 13.1 Å². The fourth-order valence-electron chi connectivity index (χ4n) is 2.79. The average molecular weight is 312 g/mol. The molecule has 1 fully saturated rings. The first-order valence-corrected chi connectivity index (χ1v) is 7.80. The molecule has 1 saturated heterocycles. The van der Waals surface area contributed by atoms with Crippen LogP contribution in [0, 0.1) is 5.92 Å². The van der Waals surface area contributed by atoms with Gasteiger partial charge in [-0.1, -0.05) is 30.3 Å². The van der Waals surface area contributed by atoms with Gasteiger partial charge in [-0.25, -0.2) is 4.98 Å². The number of nitrogens with one attached hydrogen (secondary N) is 2. The van der Waals surface area contributed by atoms with Gasteiger partial charge < -0.3 is 15.2 Å². The molecule has 2 N–H and O–H groups in total. The van der Waals surface area contributed by atoms with Crippen LogP contribution < -0.4 is 5.32 Å². The Morgan fingerprint density at radius 3 is 2.91 bits per heavy atom. The van der Waals surface area contributed by atoms with Gasteiger partial charge in [0.1, 0.15) is 5.82 Å². The van der Waals surface area contributed by atoms with Crippen LogP contribution in [-0.2, 0) is 22.6 Å². The lowest BCUT2D eigenvalue weighted by molar-refractivity contribution is -0.129. The maximum absolute atomic E-state index is 12.2. The molecule has 0 bridgehead atoms. The van der Waals surface area contributed by atoms with E-state index >= 15 is 0 Å². The Bertz CT molecular complexity index is 654. The predicted octanol–water partition coefficient (Wildman–Crippen LogP) is 1.12. The van der Waals surface area contributed by atoms with E-state index in [2.05, 4.69) is 15.3 Å². The predicted molar refractivity (Wildman–Crippen MR) is 85.3 cm³/mol. The van der Waals surface area contributed by atoms with Gasteiger partial charge in [0.15, 0.2) is 0 Å². The second-order valence-corrected chi connectivity index (χ2v) is 5.74. The molecule has 23 heavy (non-hydrogen) atoms. The summed E-state index contributed by atoms with van der Waals surface area (Å²) in [4.78, 5) is 33.1. The van der Waals surface area contributed by atoms with E-state index in [0.29, 0.717) is 32.5 Å². The van der Waals surface area contributed by atoms with Crippen molar-refractivity contribution in [3.05, 3.63) is 54.1 Å². The summed E-state index contributed by atoms with van der Waals surface area (Å²) >= 11 is 0. The van der Waals surface area contributed by atoms with Crippen molar-refractivity contribution < 1.29 is 9.59 Å². The number of carbonyl (C=O) groups excluding carboxylic acids is 2. The fraction of sp³-hybridized carbons (Fsp3) is 0.353. The molecule has 0 unspecified atom stereocenters. The Morgan fingerprint density at radius 2 is 2.17 bits per heavy atom. The van der Waals surface area contributed by atoms with Gasteiger partial charge in [-0.2, -0.15) is 0 Å². The van der Waals surface area contributed by atoms with Crippen molar-refractivity contribution in [3.8, 4) is 0 Å². The molecule has 1 aliphatic heterocycles. The van der Waals surface area contributed by atoms with Crippen LogP contribution in [-0.4, -0.2) is 39.8 Å². The number of H-pyrrole nitrogens is 1. The monoisotopic (exact) mass is 312 g/mol. The van der Waals surface area contributed by atoms with Gasteiger partial charge in [0.05, 0.1) is 5.92 Å². The summed E-state index contributed by atoms with van der Waals surface area (Å²) in [7, 11) is 0. The third-order valence-corrected chi connectivity index (χ3v) is 4.02. The average Bonchev–Trinajstić information content (AvgIpc) is 3.19. The standard InChI is InChI=1S/C17H20N4O2/c22-16-10-14(12-21(16)11-13-4-2-1-3-5-13)17(23)20-7-6-15-18-8-9-19-15/h1-5,8-9,14H,6-7,10-12H2,(H,18,19)(H,20,23)/t14-/m0/s1. The minimum absolute atomic E-state index is 0.0417. The normalized spacial score (nSPS) is 17.5. The van der Waals surface area contributed by atoms with Crippen molar-refractivity contribution in [1.82, 2.24) is 20.2 Å². The summed E-state index contributed by atoms with van der Waals surface area (Å²) in [6.07, 6.45) is 4.40. The molecule has 6 heteroatoms. The number of benzene rings is 1. The summed E-state index contributed by atoms with van der Waals surface area (Å²) in [6.45, 7) is 1.58. The van der Waals surface area contributed by atoms with E-state index in [1.165, 1.54) is 0 Å². The van der Waals surface area contributed by atoms with E-state index in [-0.39, 0.29) is 17.7 Å². The van der Waals surface area contributed by atoms with Crippen molar-refractivity contribution in [2.24, 2.45) is 5.92 Å². The molecule has 2 aromatic rings. The van der Waals surface area contributed by atoms with Gasteiger partial charge in [-0.05, 0) is 5.56 Å². The zero-order valence-electron chi connectivity index (χ0n) is 12.9. The number of nitrogens with zero attached hydrogens (tertiary/aromatic N) is 2. The lowest BCUT2D eigenvalue weighted by atomic mass is 10.1. The first-order valence-electron chi connectivity index (χ1n) is 7.80. The number of hydrogen-bond donors (Lipinski definition) is 2. The number of rotatable bonds is 6. The number of hydrogen-bond acceptors (Lipinski definition) is 3. The van der Waals surface area contributed by atoms with Gasteiger partial charge in [-0.15, -0.1) is 0 Å². The highest BCUT2D eigenvalue weighted by atomic mass is 16.2. The molecule has 0 aliphatic carbocycles.